The van der Waals surface area contributed by atoms with E-state index in [9.17, 15) is 9.59 Å². The van der Waals surface area contributed by atoms with E-state index in [1.165, 1.54) is 51.4 Å². The summed E-state index contributed by atoms with van der Waals surface area (Å²) in [5.41, 5.74) is 4.94. The summed E-state index contributed by atoms with van der Waals surface area (Å²) in [6, 6.07) is 11.2. The average molecular weight is 501 g/mol. The lowest BCUT2D eigenvalue weighted by molar-refractivity contribution is -0.108. The summed E-state index contributed by atoms with van der Waals surface area (Å²) in [4.78, 5) is 18.4. The number of hydrogen-bond donors (Lipinski definition) is 2. The van der Waals surface area contributed by atoms with Crippen LogP contribution in [-0.2, 0) is 22.4 Å². The largest absolute Gasteiger partial charge is 0.504 e. The van der Waals surface area contributed by atoms with Crippen LogP contribution in [0.3, 0.4) is 0 Å². The molecule has 4 nitrogen and oxygen atoms in total. The van der Waals surface area contributed by atoms with Gasteiger partial charge in [0.25, 0.3) is 0 Å². The summed E-state index contributed by atoms with van der Waals surface area (Å²) >= 11 is 1.38. The SMILES string of the molecule is Cc1ccc(CCCC=O)cc1C.O=CCCCc1ccc(O)c(O)c1.[2H]C([2H])([2H])I. The second kappa shape index (κ2) is 16.1. The molecular formula is C23H31IO4. The van der Waals surface area contributed by atoms with Gasteiger partial charge in [-0.1, -0.05) is 46.9 Å². The highest BCUT2D eigenvalue weighted by molar-refractivity contribution is 14.1. The number of aromatic hydroxyl groups is 2. The van der Waals surface area contributed by atoms with Crippen LogP contribution < -0.4 is 0 Å². The molecule has 0 aromatic heterocycles. The minimum absolute atomic E-state index is 0.108. The zero-order chi connectivity index (χ0) is 23.9. The first kappa shape index (κ1) is 20.8. The van der Waals surface area contributed by atoms with Crippen LogP contribution in [-0.4, -0.2) is 27.6 Å². The summed E-state index contributed by atoms with van der Waals surface area (Å²) in [5, 5.41) is 18.1. The Morgan fingerprint density at radius 1 is 0.857 bits per heavy atom. The van der Waals surface area contributed by atoms with Crippen molar-refractivity contribution in [2.24, 2.45) is 0 Å². The quantitative estimate of drug-likeness (QED) is 0.165. The first-order valence-electron chi connectivity index (χ1n) is 10.6. The summed E-state index contributed by atoms with van der Waals surface area (Å²) in [6.45, 7) is 4.24. The molecule has 0 bridgehead atoms. The predicted molar refractivity (Wildman–Crippen MR) is 124 cm³/mol. The van der Waals surface area contributed by atoms with E-state index >= 15 is 0 Å². The Labute approximate surface area is 186 Å². The van der Waals surface area contributed by atoms with Crippen LogP contribution in [0.25, 0.3) is 0 Å². The molecule has 5 heteroatoms. The molecule has 2 aromatic carbocycles. The maximum Gasteiger partial charge on any atom is 0.157 e. The third-order valence-electron chi connectivity index (χ3n) is 4.19. The second-order valence-corrected chi connectivity index (χ2v) is 6.36. The number of unbranched alkanes of at least 4 members (excludes halogenated alkanes) is 2. The zero-order valence-electron chi connectivity index (χ0n) is 19.5. The molecule has 0 saturated heterocycles. The third kappa shape index (κ3) is 11.1. The molecule has 0 fully saturated rings. The van der Waals surface area contributed by atoms with Crippen molar-refractivity contribution in [3.63, 3.8) is 0 Å². The predicted octanol–water partition coefficient (Wildman–Crippen LogP) is 5.50. The molecule has 0 aliphatic heterocycles. The van der Waals surface area contributed by atoms with Gasteiger partial charge in [-0.05, 0) is 78.8 Å². The fraction of sp³-hybridized carbons (Fsp3) is 0.391. The van der Waals surface area contributed by atoms with Crippen molar-refractivity contribution >= 4 is 35.2 Å². The fourth-order valence-electron chi connectivity index (χ4n) is 2.46. The number of aryl methyl sites for hydroxylation is 4. The molecule has 0 aliphatic rings. The normalized spacial score (nSPS) is 11.5. The van der Waals surface area contributed by atoms with Gasteiger partial charge in [-0.25, -0.2) is 0 Å². The van der Waals surface area contributed by atoms with Gasteiger partial charge in [-0.15, -0.1) is 0 Å². The Morgan fingerprint density at radius 3 is 1.82 bits per heavy atom. The lowest BCUT2D eigenvalue weighted by atomic mass is 10.0. The first-order valence-corrected chi connectivity index (χ1v) is 10.2. The van der Waals surface area contributed by atoms with Crippen LogP contribution in [0, 0.1) is 13.8 Å². The molecule has 0 atom stereocenters. The first-order chi connectivity index (χ1) is 14.5. The third-order valence-corrected chi connectivity index (χ3v) is 4.19. The number of alkyl halides is 1. The van der Waals surface area contributed by atoms with E-state index in [1.54, 1.807) is 6.07 Å². The Bertz CT molecular complexity index is 740. The summed E-state index contributed by atoms with van der Waals surface area (Å²) < 4.78 is 18.8. The average Bonchev–Trinajstić information content (AvgIpc) is 2.67. The van der Waals surface area contributed by atoms with E-state index < -0.39 is 4.86 Å². The number of benzene rings is 2. The van der Waals surface area contributed by atoms with Crippen LogP contribution >= 0.6 is 22.6 Å². The summed E-state index contributed by atoms with van der Waals surface area (Å²) in [5.74, 6) is -0.220. The molecule has 0 radical (unpaired) electrons. The van der Waals surface area contributed by atoms with Gasteiger partial charge in [-0.3, -0.25) is 0 Å². The van der Waals surface area contributed by atoms with Gasteiger partial charge in [-0.2, -0.15) is 0 Å². The van der Waals surface area contributed by atoms with E-state index in [0.717, 1.165) is 43.8 Å². The topological polar surface area (TPSA) is 74.6 Å². The van der Waals surface area contributed by atoms with Crippen molar-refractivity contribution in [2.45, 2.75) is 52.4 Å². The molecule has 0 aliphatic carbocycles. The van der Waals surface area contributed by atoms with Gasteiger partial charge < -0.3 is 19.8 Å². The molecular weight excluding hydrogens is 467 g/mol. The zero-order valence-corrected chi connectivity index (χ0v) is 18.6. The monoisotopic (exact) mass is 501 g/mol. The minimum Gasteiger partial charge on any atom is -0.504 e. The van der Waals surface area contributed by atoms with Gasteiger partial charge in [0.1, 0.15) is 12.6 Å². The number of aldehydes is 2. The van der Waals surface area contributed by atoms with Crippen LogP contribution in [0.15, 0.2) is 36.4 Å². The molecule has 2 aromatic rings. The number of carbonyl (C=O) groups excluding carboxylic acids is 2. The van der Waals surface area contributed by atoms with Crippen LogP contribution in [0.1, 0.15) is 52.0 Å². The standard InChI is InChI=1S/C12H16O.C10H12O3.CH3I/c1-10-6-7-12(9-11(10)2)5-3-4-8-13;11-6-2-1-3-8-4-5-9(12)10(13)7-8;1-2/h6-9H,3-5H2,1-2H3;4-7,12-13H,1-3H2;1H3/i;;1D3. The van der Waals surface area contributed by atoms with Crippen molar-refractivity contribution in [3.8, 4) is 11.5 Å². The minimum atomic E-state index is -1.78. The van der Waals surface area contributed by atoms with Crippen molar-refractivity contribution in [2.75, 3.05) is 4.86 Å². The number of rotatable bonds is 8. The molecule has 2 N–H and O–H groups in total. The highest BCUT2D eigenvalue weighted by Crippen LogP contribution is 2.25. The van der Waals surface area contributed by atoms with Crippen molar-refractivity contribution in [3.05, 3.63) is 58.7 Å². The Hall–Kier alpha value is -1.89. The van der Waals surface area contributed by atoms with Crippen LogP contribution in [0.2, 0.25) is 0 Å². The lowest BCUT2D eigenvalue weighted by Crippen LogP contribution is -1.89. The lowest BCUT2D eigenvalue weighted by Gasteiger charge is -2.03. The highest BCUT2D eigenvalue weighted by atomic mass is 127. The summed E-state index contributed by atoms with van der Waals surface area (Å²) in [6.07, 6.45) is 6.56. The molecule has 28 heavy (non-hydrogen) atoms. The van der Waals surface area contributed by atoms with Crippen molar-refractivity contribution in [1.82, 2.24) is 0 Å². The van der Waals surface area contributed by atoms with Gasteiger partial charge in [0.15, 0.2) is 11.5 Å². The number of phenolic OH excluding ortho intramolecular Hbond substituents is 2. The Balaban J connectivity index is 0.000000479. The fourth-order valence-corrected chi connectivity index (χ4v) is 2.46. The van der Waals surface area contributed by atoms with Crippen LogP contribution in [0.5, 0.6) is 11.5 Å². The number of carbonyl (C=O) groups is 2. The van der Waals surface area contributed by atoms with E-state index in [2.05, 4.69) is 32.0 Å². The molecule has 2 rings (SSSR count). The smallest absolute Gasteiger partial charge is 0.157 e. The second-order valence-electron chi connectivity index (χ2n) is 6.36. The molecule has 0 amide bonds. The van der Waals surface area contributed by atoms with E-state index in [0.29, 0.717) is 12.8 Å². The van der Waals surface area contributed by atoms with Gasteiger partial charge in [0, 0.05) is 17.0 Å². The van der Waals surface area contributed by atoms with E-state index in [4.69, 9.17) is 14.3 Å². The molecule has 0 heterocycles. The van der Waals surface area contributed by atoms with Crippen molar-refractivity contribution < 1.29 is 23.9 Å². The Kier molecular flexibility index (Phi) is 12.0. The maximum absolute atomic E-state index is 10.1. The molecule has 154 valence electrons. The maximum atomic E-state index is 10.1. The number of phenols is 2. The summed E-state index contributed by atoms with van der Waals surface area (Å²) in [7, 11) is 0. The Morgan fingerprint density at radius 2 is 1.36 bits per heavy atom. The van der Waals surface area contributed by atoms with E-state index in [1.807, 2.05) is 0 Å². The van der Waals surface area contributed by atoms with Gasteiger partial charge >= 0.3 is 0 Å². The van der Waals surface area contributed by atoms with Gasteiger partial charge in [0.05, 0.1) is 0 Å². The number of hydrogen-bond acceptors (Lipinski definition) is 4. The highest BCUT2D eigenvalue weighted by Gasteiger charge is 2.00. The van der Waals surface area contributed by atoms with Crippen molar-refractivity contribution in [1.29, 1.82) is 0 Å². The molecule has 0 spiro atoms. The van der Waals surface area contributed by atoms with Gasteiger partial charge in [0.2, 0.25) is 0 Å². The van der Waals surface area contributed by atoms with E-state index in [-0.39, 0.29) is 11.5 Å². The number of halogens is 1. The molecule has 0 saturated carbocycles. The van der Waals surface area contributed by atoms with Crippen LogP contribution in [0.4, 0.5) is 0 Å². The molecule has 0 unspecified atom stereocenters.